The van der Waals surface area contributed by atoms with E-state index in [2.05, 4.69) is 4.98 Å². The van der Waals surface area contributed by atoms with Gasteiger partial charge in [-0.15, -0.1) is 0 Å². The zero-order valence-corrected chi connectivity index (χ0v) is 9.66. The molecule has 1 aromatic heterocycles. The van der Waals surface area contributed by atoms with E-state index in [1.165, 1.54) is 18.3 Å². The van der Waals surface area contributed by atoms with Crippen molar-refractivity contribution in [2.75, 3.05) is 0 Å². The van der Waals surface area contributed by atoms with Crippen molar-refractivity contribution >= 4 is 16.9 Å². The Morgan fingerprint density at radius 1 is 1.42 bits per heavy atom. The summed E-state index contributed by atoms with van der Waals surface area (Å²) in [4.78, 5) is 13.2. The van der Waals surface area contributed by atoms with E-state index in [0.717, 1.165) is 6.07 Å². The van der Waals surface area contributed by atoms with Crippen LogP contribution in [-0.2, 0) is 17.4 Å². The minimum absolute atomic E-state index is 0.0311. The molecule has 0 spiro atoms. The smallest absolute Gasteiger partial charge is 0.418 e. The van der Waals surface area contributed by atoms with Crippen LogP contribution in [0.3, 0.4) is 0 Å². The van der Waals surface area contributed by atoms with E-state index in [0.29, 0.717) is 10.9 Å². The maximum Gasteiger partial charge on any atom is 0.418 e. The zero-order valence-electron chi connectivity index (χ0n) is 9.66. The van der Waals surface area contributed by atoms with Crippen LogP contribution in [0, 0.1) is 0 Å². The summed E-state index contributed by atoms with van der Waals surface area (Å²) < 4.78 is 38.3. The normalized spacial score (nSPS) is 13.7. The molecule has 1 heterocycles. The molecule has 1 unspecified atom stereocenters. The van der Waals surface area contributed by atoms with Gasteiger partial charge in [-0.3, -0.25) is 4.79 Å². The molecular formula is C12H11F3N2O2. The summed E-state index contributed by atoms with van der Waals surface area (Å²) in [7, 11) is 0. The molecule has 1 atom stereocenters. The van der Waals surface area contributed by atoms with E-state index in [1.807, 2.05) is 0 Å². The first-order valence-electron chi connectivity index (χ1n) is 5.45. The van der Waals surface area contributed by atoms with Gasteiger partial charge >= 0.3 is 12.1 Å². The number of carbonyl (C=O) groups is 1. The maximum atomic E-state index is 12.8. The van der Waals surface area contributed by atoms with Crippen molar-refractivity contribution in [1.82, 2.24) is 4.98 Å². The Morgan fingerprint density at radius 2 is 2.11 bits per heavy atom. The van der Waals surface area contributed by atoms with Crippen LogP contribution < -0.4 is 5.73 Å². The molecule has 0 bridgehead atoms. The highest BCUT2D eigenvalue weighted by molar-refractivity contribution is 5.87. The second kappa shape index (κ2) is 4.58. The fourth-order valence-corrected chi connectivity index (χ4v) is 1.94. The number of hydrogen-bond donors (Lipinski definition) is 3. The van der Waals surface area contributed by atoms with E-state index in [4.69, 9.17) is 10.8 Å². The third-order valence-corrected chi connectivity index (χ3v) is 2.86. The first kappa shape index (κ1) is 13.4. The number of aromatic nitrogens is 1. The monoisotopic (exact) mass is 272 g/mol. The molecule has 19 heavy (non-hydrogen) atoms. The van der Waals surface area contributed by atoms with Crippen molar-refractivity contribution in [2.45, 2.75) is 18.6 Å². The fraction of sp³-hybridized carbons (Fsp3) is 0.250. The lowest BCUT2D eigenvalue weighted by Crippen LogP contribution is -2.32. The van der Waals surface area contributed by atoms with E-state index in [-0.39, 0.29) is 11.9 Å². The van der Waals surface area contributed by atoms with E-state index in [1.54, 1.807) is 0 Å². The Morgan fingerprint density at radius 3 is 2.68 bits per heavy atom. The lowest BCUT2D eigenvalue weighted by Gasteiger charge is -2.08. The summed E-state index contributed by atoms with van der Waals surface area (Å²) in [6.45, 7) is 0. The number of benzene rings is 1. The van der Waals surface area contributed by atoms with Gasteiger partial charge in [-0.1, -0.05) is 12.1 Å². The Bertz CT molecular complexity index is 619. The highest BCUT2D eigenvalue weighted by Gasteiger charge is 2.33. The molecule has 0 aliphatic rings. The predicted octanol–water partition coefficient (Wildman–Crippen LogP) is 2.14. The molecule has 0 amide bonds. The van der Waals surface area contributed by atoms with E-state index >= 15 is 0 Å². The van der Waals surface area contributed by atoms with Crippen LogP contribution in [0.2, 0.25) is 0 Å². The molecule has 102 valence electrons. The van der Waals surface area contributed by atoms with Gasteiger partial charge in [0.1, 0.15) is 6.04 Å². The predicted molar refractivity (Wildman–Crippen MR) is 62.6 cm³/mol. The molecule has 4 nitrogen and oxygen atoms in total. The van der Waals surface area contributed by atoms with Crippen molar-refractivity contribution < 1.29 is 23.1 Å². The summed E-state index contributed by atoms with van der Waals surface area (Å²) in [5, 5.41) is 9.06. The molecule has 2 aromatic rings. The van der Waals surface area contributed by atoms with Gasteiger partial charge in [0.15, 0.2) is 0 Å². The number of para-hydroxylation sites is 1. The van der Waals surface area contributed by atoms with Gasteiger partial charge in [0.05, 0.1) is 11.1 Å². The molecular weight excluding hydrogens is 261 g/mol. The Hall–Kier alpha value is -2.02. The van der Waals surface area contributed by atoms with Crippen LogP contribution in [-0.4, -0.2) is 22.1 Å². The molecule has 0 aliphatic heterocycles. The van der Waals surface area contributed by atoms with Crippen LogP contribution in [0.25, 0.3) is 10.9 Å². The molecule has 0 aliphatic carbocycles. The van der Waals surface area contributed by atoms with Crippen molar-refractivity contribution in [2.24, 2.45) is 5.73 Å². The number of carboxylic acids is 1. The van der Waals surface area contributed by atoms with E-state index < -0.39 is 23.8 Å². The van der Waals surface area contributed by atoms with Gasteiger partial charge in [-0.25, -0.2) is 0 Å². The number of aliphatic carboxylic acids is 1. The second-order valence-electron chi connectivity index (χ2n) is 4.19. The standard InChI is InChI=1S/C12H11F3N2O2/c13-12(14,15)8-3-1-2-7-6(5-17-10(7)8)4-9(16)11(18)19/h1-3,5,9,17H,4,16H2,(H,18,19). The number of rotatable bonds is 3. The molecule has 7 heteroatoms. The lowest BCUT2D eigenvalue weighted by atomic mass is 10.0. The second-order valence-corrected chi connectivity index (χ2v) is 4.19. The topological polar surface area (TPSA) is 79.1 Å². The zero-order chi connectivity index (χ0) is 14.2. The van der Waals surface area contributed by atoms with Crippen LogP contribution in [0.4, 0.5) is 13.2 Å². The first-order chi connectivity index (χ1) is 8.80. The SMILES string of the molecule is NC(Cc1c[nH]c2c(C(F)(F)F)cccc12)C(=O)O. The molecule has 0 fully saturated rings. The van der Waals surface area contributed by atoms with Crippen LogP contribution in [0.5, 0.6) is 0 Å². The minimum atomic E-state index is -4.46. The van der Waals surface area contributed by atoms with Gasteiger partial charge < -0.3 is 15.8 Å². The van der Waals surface area contributed by atoms with Gasteiger partial charge in [0, 0.05) is 18.0 Å². The van der Waals surface area contributed by atoms with Crippen molar-refractivity contribution in [3.63, 3.8) is 0 Å². The molecule has 0 saturated carbocycles. The fourth-order valence-electron chi connectivity index (χ4n) is 1.94. The van der Waals surface area contributed by atoms with Crippen molar-refractivity contribution in [3.8, 4) is 0 Å². The number of aromatic amines is 1. The first-order valence-corrected chi connectivity index (χ1v) is 5.45. The number of H-pyrrole nitrogens is 1. The summed E-state index contributed by atoms with van der Waals surface area (Å²) in [5.74, 6) is -1.19. The van der Waals surface area contributed by atoms with E-state index in [9.17, 15) is 18.0 Å². The maximum absolute atomic E-state index is 12.8. The van der Waals surface area contributed by atoms with Crippen molar-refractivity contribution in [1.29, 1.82) is 0 Å². The van der Waals surface area contributed by atoms with Crippen molar-refractivity contribution in [3.05, 3.63) is 35.5 Å². The molecule has 0 radical (unpaired) electrons. The Kier molecular flexibility index (Phi) is 3.23. The van der Waals surface area contributed by atoms with Crippen LogP contribution in [0.15, 0.2) is 24.4 Å². The highest BCUT2D eigenvalue weighted by atomic mass is 19.4. The number of fused-ring (bicyclic) bond motifs is 1. The molecule has 1 aromatic carbocycles. The van der Waals surface area contributed by atoms with Gasteiger partial charge in [0.2, 0.25) is 0 Å². The number of nitrogens with two attached hydrogens (primary N) is 1. The number of alkyl halides is 3. The van der Waals surface area contributed by atoms with Crippen LogP contribution >= 0.6 is 0 Å². The van der Waals surface area contributed by atoms with Gasteiger partial charge in [0.25, 0.3) is 0 Å². The number of carboxylic acid groups (broad SMARTS) is 1. The number of halogens is 3. The summed E-state index contributed by atoms with van der Waals surface area (Å²) >= 11 is 0. The summed E-state index contributed by atoms with van der Waals surface area (Å²) in [5.41, 5.74) is 5.01. The number of hydrogen-bond acceptors (Lipinski definition) is 2. The average Bonchev–Trinajstić information content (AvgIpc) is 2.71. The molecule has 4 N–H and O–H groups in total. The third kappa shape index (κ3) is 2.55. The Balaban J connectivity index is 2.47. The van der Waals surface area contributed by atoms with Crippen LogP contribution in [0.1, 0.15) is 11.1 Å². The minimum Gasteiger partial charge on any atom is -0.480 e. The average molecular weight is 272 g/mol. The lowest BCUT2D eigenvalue weighted by molar-refractivity contribution is -0.138. The van der Waals surface area contributed by atoms with Gasteiger partial charge in [-0.05, 0) is 11.6 Å². The Labute approximate surface area is 106 Å². The summed E-state index contributed by atoms with van der Waals surface area (Å²) in [6, 6.07) is 2.62. The number of nitrogens with one attached hydrogen (secondary N) is 1. The van der Waals surface area contributed by atoms with Gasteiger partial charge in [-0.2, -0.15) is 13.2 Å². The third-order valence-electron chi connectivity index (χ3n) is 2.86. The largest absolute Gasteiger partial charge is 0.480 e. The highest BCUT2D eigenvalue weighted by Crippen LogP contribution is 2.35. The molecule has 2 rings (SSSR count). The summed E-state index contributed by atoms with van der Waals surface area (Å²) in [6.07, 6.45) is -3.13. The quantitative estimate of drug-likeness (QED) is 0.801. The molecule has 0 saturated heterocycles.